The van der Waals surface area contributed by atoms with Gasteiger partial charge in [-0.15, -0.1) is 0 Å². The minimum absolute atomic E-state index is 0.283. The molecule has 0 bridgehead atoms. The van der Waals surface area contributed by atoms with E-state index in [4.69, 9.17) is 5.10 Å². The molecule has 2 unspecified atom stereocenters. The monoisotopic (exact) mass is 374 g/mol. The van der Waals surface area contributed by atoms with Crippen LogP contribution in [0.5, 0.6) is 0 Å². The predicted molar refractivity (Wildman–Crippen MR) is 120 cm³/mol. The maximum absolute atomic E-state index is 4.78. The zero-order valence-corrected chi connectivity index (χ0v) is 17.3. The Labute approximate surface area is 168 Å². The van der Waals surface area contributed by atoms with Gasteiger partial charge in [-0.05, 0) is 66.3 Å². The van der Waals surface area contributed by atoms with Gasteiger partial charge in [-0.25, -0.2) is 0 Å². The van der Waals surface area contributed by atoms with Crippen LogP contribution < -0.4 is 15.2 Å². The number of anilines is 2. The molecule has 0 radical (unpaired) electrons. The SMILES string of the molecule is CN(C)c1ccc(/C=C2\CCCC3C2=NNC3c2ccc(N(C)C)cc2)cc1. The summed E-state index contributed by atoms with van der Waals surface area (Å²) in [5.41, 5.74) is 11.1. The fraction of sp³-hybridized carbons (Fsp3) is 0.375. The molecule has 28 heavy (non-hydrogen) atoms. The summed E-state index contributed by atoms with van der Waals surface area (Å²) in [4.78, 5) is 4.27. The maximum Gasteiger partial charge on any atom is 0.0774 e. The van der Waals surface area contributed by atoms with Crippen molar-refractivity contribution in [2.24, 2.45) is 11.0 Å². The molecule has 0 spiro atoms. The van der Waals surface area contributed by atoms with E-state index in [1.165, 1.54) is 46.6 Å². The first kappa shape index (κ1) is 18.6. The van der Waals surface area contributed by atoms with Gasteiger partial charge in [0.15, 0.2) is 0 Å². The van der Waals surface area contributed by atoms with E-state index in [2.05, 4.69) is 98.0 Å². The number of benzene rings is 2. The van der Waals surface area contributed by atoms with Crippen LogP contribution >= 0.6 is 0 Å². The largest absolute Gasteiger partial charge is 0.378 e. The Morgan fingerprint density at radius 3 is 2.11 bits per heavy atom. The molecule has 146 valence electrons. The van der Waals surface area contributed by atoms with Gasteiger partial charge >= 0.3 is 0 Å². The van der Waals surface area contributed by atoms with Crippen molar-refractivity contribution in [3.05, 3.63) is 65.2 Å². The number of allylic oxidation sites excluding steroid dienone is 1. The van der Waals surface area contributed by atoms with Crippen LogP contribution in [0.1, 0.15) is 36.4 Å². The quantitative estimate of drug-likeness (QED) is 0.841. The van der Waals surface area contributed by atoms with E-state index in [0.717, 1.165) is 6.42 Å². The third-order valence-electron chi connectivity index (χ3n) is 5.89. The van der Waals surface area contributed by atoms with Crippen LogP contribution in [0.25, 0.3) is 6.08 Å². The summed E-state index contributed by atoms with van der Waals surface area (Å²) in [7, 11) is 8.30. The van der Waals surface area contributed by atoms with Crippen molar-refractivity contribution in [1.29, 1.82) is 0 Å². The average Bonchev–Trinajstić information content (AvgIpc) is 3.13. The summed E-state index contributed by atoms with van der Waals surface area (Å²) in [5, 5.41) is 4.78. The van der Waals surface area contributed by atoms with Crippen molar-refractivity contribution in [2.45, 2.75) is 25.3 Å². The van der Waals surface area contributed by atoms with Gasteiger partial charge in [0, 0.05) is 45.5 Å². The van der Waals surface area contributed by atoms with Crippen molar-refractivity contribution in [2.75, 3.05) is 38.0 Å². The first-order valence-electron chi connectivity index (χ1n) is 10.1. The molecule has 2 aliphatic rings. The summed E-state index contributed by atoms with van der Waals surface area (Å²) in [6.45, 7) is 0. The maximum atomic E-state index is 4.78. The van der Waals surface area contributed by atoms with Gasteiger partial charge in [0.2, 0.25) is 0 Å². The van der Waals surface area contributed by atoms with E-state index in [9.17, 15) is 0 Å². The molecule has 4 nitrogen and oxygen atoms in total. The normalized spacial score (nSPS) is 22.4. The van der Waals surface area contributed by atoms with Crippen molar-refractivity contribution >= 4 is 23.2 Å². The van der Waals surface area contributed by atoms with E-state index in [0.29, 0.717) is 5.92 Å². The molecule has 2 aromatic carbocycles. The number of rotatable bonds is 4. The summed E-state index contributed by atoms with van der Waals surface area (Å²) < 4.78 is 0. The summed E-state index contributed by atoms with van der Waals surface area (Å²) in [5.74, 6) is 0.464. The lowest BCUT2D eigenvalue weighted by Crippen LogP contribution is -2.25. The molecule has 1 saturated carbocycles. The second kappa shape index (κ2) is 7.70. The number of fused-ring (bicyclic) bond motifs is 1. The van der Waals surface area contributed by atoms with E-state index < -0.39 is 0 Å². The fourth-order valence-electron chi connectivity index (χ4n) is 4.23. The number of nitrogens with zero attached hydrogens (tertiary/aromatic N) is 3. The zero-order chi connectivity index (χ0) is 19.7. The molecule has 1 N–H and O–H groups in total. The molecular formula is C24H30N4. The van der Waals surface area contributed by atoms with Crippen LogP contribution in [0.4, 0.5) is 11.4 Å². The number of hydrazone groups is 1. The lowest BCUT2D eigenvalue weighted by molar-refractivity contribution is 0.451. The number of hydrogen-bond acceptors (Lipinski definition) is 4. The van der Waals surface area contributed by atoms with Crippen LogP contribution in [0.2, 0.25) is 0 Å². The molecule has 4 heteroatoms. The van der Waals surface area contributed by atoms with Crippen LogP contribution in [-0.4, -0.2) is 33.9 Å². The Morgan fingerprint density at radius 2 is 1.50 bits per heavy atom. The van der Waals surface area contributed by atoms with Gasteiger partial charge < -0.3 is 15.2 Å². The minimum atomic E-state index is 0.283. The third kappa shape index (κ3) is 3.64. The predicted octanol–water partition coefficient (Wildman–Crippen LogP) is 4.70. The smallest absolute Gasteiger partial charge is 0.0774 e. The minimum Gasteiger partial charge on any atom is -0.378 e. The van der Waals surface area contributed by atoms with Crippen LogP contribution in [-0.2, 0) is 0 Å². The first-order chi connectivity index (χ1) is 13.5. The average molecular weight is 375 g/mol. The molecule has 1 aliphatic heterocycles. The first-order valence-corrected chi connectivity index (χ1v) is 10.1. The summed E-state index contributed by atoms with van der Waals surface area (Å²) in [6.07, 6.45) is 5.85. The highest BCUT2D eigenvalue weighted by atomic mass is 15.3. The number of nitrogens with one attached hydrogen (secondary N) is 1. The topological polar surface area (TPSA) is 30.9 Å². The molecule has 1 fully saturated rings. The van der Waals surface area contributed by atoms with Crippen LogP contribution in [0.3, 0.4) is 0 Å². The Balaban J connectivity index is 1.54. The van der Waals surface area contributed by atoms with E-state index >= 15 is 0 Å². The highest BCUT2D eigenvalue weighted by Gasteiger charge is 2.36. The van der Waals surface area contributed by atoms with Crippen molar-refractivity contribution < 1.29 is 0 Å². The Bertz CT molecular complexity index is 876. The van der Waals surface area contributed by atoms with Crippen LogP contribution in [0, 0.1) is 5.92 Å². The molecule has 2 atom stereocenters. The Hall–Kier alpha value is -2.75. The van der Waals surface area contributed by atoms with Gasteiger partial charge in [-0.3, -0.25) is 0 Å². The van der Waals surface area contributed by atoms with Gasteiger partial charge in [0.05, 0.1) is 11.8 Å². The summed E-state index contributed by atoms with van der Waals surface area (Å²) in [6, 6.07) is 17.9. The van der Waals surface area contributed by atoms with Gasteiger partial charge in [0.25, 0.3) is 0 Å². The Morgan fingerprint density at radius 1 is 0.893 bits per heavy atom. The van der Waals surface area contributed by atoms with Gasteiger partial charge in [-0.2, -0.15) is 5.10 Å². The fourth-order valence-corrected chi connectivity index (χ4v) is 4.23. The van der Waals surface area contributed by atoms with Gasteiger partial charge in [0.1, 0.15) is 0 Å². The van der Waals surface area contributed by atoms with Crippen molar-refractivity contribution in [3.8, 4) is 0 Å². The van der Waals surface area contributed by atoms with Crippen molar-refractivity contribution in [1.82, 2.24) is 5.43 Å². The van der Waals surface area contributed by atoms with E-state index in [-0.39, 0.29) is 6.04 Å². The Kier molecular flexibility index (Phi) is 5.12. The lowest BCUT2D eigenvalue weighted by atomic mass is 9.78. The lowest BCUT2D eigenvalue weighted by Gasteiger charge is -2.26. The van der Waals surface area contributed by atoms with Gasteiger partial charge in [-0.1, -0.05) is 24.3 Å². The second-order valence-corrected chi connectivity index (χ2v) is 8.24. The molecular weight excluding hydrogens is 344 g/mol. The third-order valence-corrected chi connectivity index (χ3v) is 5.89. The zero-order valence-electron chi connectivity index (χ0n) is 17.3. The molecule has 2 aromatic rings. The molecule has 0 saturated heterocycles. The van der Waals surface area contributed by atoms with Crippen LogP contribution in [0.15, 0.2) is 59.2 Å². The standard InChI is InChI=1S/C24H30N4/c1-27(2)20-12-8-17(9-13-20)16-19-6-5-7-22-23(25-26-24(19)22)18-10-14-21(15-11-18)28(3)4/h8-16,22-23,25H,5-7H2,1-4H3/b19-16+. The van der Waals surface area contributed by atoms with Crippen molar-refractivity contribution in [3.63, 3.8) is 0 Å². The second-order valence-electron chi connectivity index (χ2n) is 8.24. The molecule has 0 aromatic heterocycles. The molecule has 4 rings (SSSR count). The molecule has 0 amide bonds. The molecule has 1 aliphatic carbocycles. The van der Waals surface area contributed by atoms with E-state index in [1.807, 2.05) is 0 Å². The highest BCUT2D eigenvalue weighted by Crippen LogP contribution is 2.39. The van der Waals surface area contributed by atoms with E-state index in [1.54, 1.807) is 0 Å². The molecule has 1 heterocycles. The summed E-state index contributed by atoms with van der Waals surface area (Å²) >= 11 is 0. The highest BCUT2D eigenvalue weighted by molar-refractivity contribution is 6.07. The number of hydrogen-bond donors (Lipinski definition) is 1.